The lowest BCUT2D eigenvalue weighted by molar-refractivity contribution is 0.140. The Balaban J connectivity index is 1.80. The first kappa shape index (κ1) is 10.7. The predicted molar refractivity (Wildman–Crippen MR) is 67.5 cm³/mol. The fourth-order valence-corrected chi connectivity index (χ4v) is 2.63. The molecular formula is C13H18N4. The van der Waals surface area contributed by atoms with Crippen LogP contribution in [-0.2, 0) is 6.67 Å². The Hall–Kier alpha value is -1.42. The van der Waals surface area contributed by atoms with Crippen LogP contribution in [0, 0.1) is 5.92 Å². The van der Waals surface area contributed by atoms with E-state index < -0.39 is 0 Å². The molecule has 1 saturated heterocycles. The van der Waals surface area contributed by atoms with Crippen molar-refractivity contribution in [3.8, 4) is 0 Å². The van der Waals surface area contributed by atoms with Gasteiger partial charge in [0.1, 0.15) is 5.52 Å². The molecule has 90 valence electrons. The van der Waals surface area contributed by atoms with Crippen molar-refractivity contribution in [3.05, 3.63) is 24.3 Å². The molecule has 1 aromatic heterocycles. The number of nitrogens with zero attached hydrogens (tertiary/aromatic N) is 4. The molecule has 1 atom stereocenters. The monoisotopic (exact) mass is 230 g/mol. The Labute approximate surface area is 101 Å². The maximum Gasteiger partial charge on any atom is 0.113 e. The molecule has 0 bridgehead atoms. The van der Waals surface area contributed by atoms with Crippen molar-refractivity contribution < 1.29 is 0 Å². The van der Waals surface area contributed by atoms with Crippen LogP contribution in [0.5, 0.6) is 0 Å². The quantitative estimate of drug-likeness (QED) is 0.792. The van der Waals surface area contributed by atoms with Crippen molar-refractivity contribution >= 4 is 11.0 Å². The van der Waals surface area contributed by atoms with E-state index in [0.717, 1.165) is 23.6 Å². The van der Waals surface area contributed by atoms with Crippen molar-refractivity contribution in [2.24, 2.45) is 5.92 Å². The highest BCUT2D eigenvalue weighted by Crippen LogP contribution is 2.17. The molecule has 1 aliphatic rings. The standard InChI is InChI=1S/C13H18N4/c1-11-5-4-8-16(9-11)10-17-13-7-3-2-6-12(13)14-15-17/h2-3,6-7,11H,4-5,8-10H2,1H3/t11-/m1/s1. The van der Waals surface area contributed by atoms with E-state index in [-0.39, 0.29) is 0 Å². The maximum absolute atomic E-state index is 4.24. The van der Waals surface area contributed by atoms with Gasteiger partial charge >= 0.3 is 0 Å². The van der Waals surface area contributed by atoms with Gasteiger partial charge in [0.05, 0.1) is 12.2 Å². The highest BCUT2D eigenvalue weighted by atomic mass is 15.5. The van der Waals surface area contributed by atoms with Crippen LogP contribution in [0.25, 0.3) is 11.0 Å². The molecule has 3 rings (SSSR count). The predicted octanol–water partition coefficient (Wildman–Crippen LogP) is 2.12. The number of piperidine rings is 1. The van der Waals surface area contributed by atoms with Crippen LogP contribution < -0.4 is 0 Å². The van der Waals surface area contributed by atoms with Crippen molar-refractivity contribution in [2.45, 2.75) is 26.4 Å². The van der Waals surface area contributed by atoms with Gasteiger partial charge in [0.15, 0.2) is 0 Å². The van der Waals surface area contributed by atoms with Gasteiger partial charge in [0.2, 0.25) is 0 Å². The van der Waals surface area contributed by atoms with Gasteiger partial charge in [-0.15, -0.1) is 5.10 Å². The highest BCUT2D eigenvalue weighted by Gasteiger charge is 2.17. The normalized spacial score (nSPS) is 22.1. The van der Waals surface area contributed by atoms with Crippen LogP contribution in [0.3, 0.4) is 0 Å². The second-order valence-corrected chi connectivity index (χ2v) is 5.04. The number of hydrogen-bond acceptors (Lipinski definition) is 3. The van der Waals surface area contributed by atoms with E-state index in [2.05, 4.69) is 28.2 Å². The minimum absolute atomic E-state index is 0.804. The molecular weight excluding hydrogens is 212 g/mol. The number of likely N-dealkylation sites (tertiary alicyclic amines) is 1. The smallest absolute Gasteiger partial charge is 0.113 e. The number of hydrogen-bond donors (Lipinski definition) is 0. The Morgan fingerprint density at radius 2 is 2.24 bits per heavy atom. The fourth-order valence-electron chi connectivity index (χ4n) is 2.63. The molecule has 0 aliphatic carbocycles. The molecule has 4 heteroatoms. The third kappa shape index (κ3) is 2.17. The van der Waals surface area contributed by atoms with E-state index in [0.29, 0.717) is 0 Å². The van der Waals surface area contributed by atoms with Crippen molar-refractivity contribution in [2.75, 3.05) is 13.1 Å². The van der Waals surface area contributed by atoms with Crippen LogP contribution in [0.1, 0.15) is 19.8 Å². The lowest BCUT2D eigenvalue weighted by Crippen LogP contribution is -2.35. The molecule has 2 aromatic rings. The molecule has 0 spiro atoms. The molecule has 4 nitrogen and oxygen atoms in total. The Kier molecular flexibility index (Phi) is 2.81. The molecule has 17 heavy (non-hydrogen) atoms. The summed E-state index contributed by atoms with van der Waals surface area (Å²) in [5, 5.41) is 8.43. The molecule has 1 aromatic carbocycles. The van der Waals surface area contributed by atoms with Gasteiger partial charge in [-0.3, -0.25) is 4.90 Å². The summed E-state index contributed by atoms with van der Waals surface area (Å²) in [6.45, 7) is 5.54. The zero-order valence-electron chi connectivity index (χ0n) is 10.2. The molecule has 0 radical (unpaired) electrons. The van der Waals surface area contributed by atoms with Crippen molar-refractivity contribution in [3.63, 3.8) is 0 Å². The van der Waals surface area contributed by atoms with E-state index in [1.807, 2.05) is 22.9 Å². The second-order valence-electron chi connectivity index (χ2n) is 5.04. The lowest BCUT2D eigenvalue weighted by Gasteiger charge is -2.30. The molecule has 0 amide bonds. The average Bonchev–Trinajstić information content (AvgIpc) is 2.73. The van der Waals surface area contributed by atoms with Crippen LogP contribution in [0.4, 0.5) is 0 Å². The van der Waals surface area contributed by atoms with Crippen LogP contribution >= 0.6 is 0 Å². The zero-order chi connectivity index (χ0) is 11.7. The number of aromatic nitrogens is 3. The first-order chi connectivity index (χ1) is 8.33. The Bertz CT molecular complexity index is 505. The van der Waals surface area contributed by atoms with Gasteiger partial charge in [-0.25, -0.2) is 4.68 Å². The summed E-state index contributed by atoms with van der Waals surface area (Å²) < 4.78 is 2.01. The van der Waals surface area contributed by atoms with Gasteiger partial charge in [-0.2, -0.15) is 0 Å². The molecule has 0 N–H and O–H groups in total. The minimum Gasteiger partial charge on any atom is -0.284 e. The number of para-hydroxylation sites is 1. The zero-order valence-corrected chi connectivity index (χ0v) is 10.2. The number of benzene rings is 1. The largest absolute Gasteiger partial charge is 0.284 e. The third-order valence-corrected chi connectivity index (χ3v) is 3.50. The number of fused-ring (bicyclic) bond motifs is 1. The highest BCUT2D eigenvalue weighted by molar-refractivity contribution is 5.73. The molecule has 1 aliphatic heterocycles. The first-order valence-corrected chi connectivity index (χ1v) is 6.33. The van der Waals surface area contributed by atoms with E-state index in [4.69, 9.17) is 0 Å². The van der Waals surface area contributed by atoms with E-state index in [1.165, 1.54) is 25.9 Å². The minimum atomic E-state index is 0.804. The van der Waals surface area contributed by atoms with Crippen LogP contribution in [-0.4, -0.2) is 33.0 Å². The van der Waals surface area contributed by atoms with Gasteiger partial charge in [0.25, 0.3) is 0 Å². The molecule has 0 unspecified atom stereocenters. The summed E-state index contributed by atoms with van der Waals surface area (Å²) in [6.07, 6.45) is 2.66. The summed E-state index contributed by atoms with van der Waals surface area (Å²) in [4.78, 5) is 2.47. The van der Waals surface area contributed by atoms with E-state index in [1.54, 1.807) is 0 Å². The fraction of sp³-hybridized carbons (Fsp3) is 0.538. The lowest BCUT2D eigenvalue weighted by atomic mass is 10.0. The van der Waals surface area contributed by atoms with Gasteiger partial charge in [0, 0.05) is 6.54 Å². The van der Waals surface area contributed by atoms with Crippen molar-refractivity contribution in [1.82, 2.24) is 19.9 Å². The topological polar surface area (TPSA) is 34.0 Å². The average molecular weight is 230 g/mol. The van der Waals surface area contributed by atoms with Crippen LogP contribution in [0.2, 0.25) is 0 Å². The maximum atomic E-state index is 4.24. The van der Waals surface area contributed by atoms with Gasteiger partial charge < -0.3 is 0 Å². The summed E-state index contributed by atoms with van der Waals surface area (Å²) in [5.74, 6) is 0.804. The molecule has 0 saturated carbocycles. The summed E-state index contributed by atoms with van der Waals surface area (Å²) in [7, 11) is 0. The first-order valence-electron chi connectivity index (χ1n) is 6.33. The van der Waals surface area contributed by atoms with Gasteiger partial charge in [-0.1, -0.05) is 24.3 Å². The second kappa shape index (κ2) is 4.45. The summed E-state index contributed by atoms with van der Waals surface area (Å²) in [5.41, 5.74) is 2.11. The molecule has 2 heterocycles. The SMILES string of the molecule is C[C@@H]1CCCN(Cn2nnc3ccccc32)C1. The van der Waals surface area contributed by atoms with Gasteiger partial charge in [-0.05, 0) is 37.4 Å². The summed E-state index contributed by atoms with van der Waals surface area (Å²) >= 11 is 0. The van der Waals surface area contributed by atoms with E-state index >= 15 is 0 Å². The Morgan fingerprint density at radius 1 is 1.35 bits per heavy atom. The third-order valence-electron chi connectivity index (χ3n) is 3.50. The van der Waals surface area contributed by atoms with E-state index in [9.17, 15) is 0 Å². The molecule has 1 fully saturated rings. The van der Waals surface area contributed by atoms with Crippen molar-refractivity contribution in [1.29, 1.82) is 0 Å². The van der Waals surface area contributed by atoms with Crippen LogP contribution in [0.15, 0.2) is 24.3 Å². The number of rotatable bonds is 2. The Morgan fingerprint density at radius 3 is 3.12 bits per heavy atom. The summed E-state index contributed by atoms with van der Waals surface area (Å²) in [6, 6.07) is 8.14.